The molecule has 0 saturated carbocycles. The predicted octanol–water partition coefficient (Wildman–Crippen LogP) is 6.58. The van der Waals surface area contributed by atoms with Gasteiger partial charge in [0.25, 0.3) is 5.91 Å². The molecule has 1 amide bonds. The number of halogens is 4. The Bertz CT molecular complexity index is 1490. The molecule has 0 bridgehead atoms. The lowest BCUT2D eigenvalue weighted by Crippen LogP contribution is -2.35. The van der Waals surface area contributed by atoms with Crippen LogP contribution in [0, 0.1) is 0 Å². The first-order valence-corrected chi connectivity index (χ1v) is 14.2. The van der Waals surface area contributed by atoms with Gasteiger partial charge in [-0.1, -0.05) is 17.7 Å². The van der Waals surface area contributed by atoms with Crippen molar-refractivity contribution in [1.29, 1.82) is 0 Å². The zero-order valence-electron chi connectivity index (χ0n) is 22.5. The Kier molecular flexibility index (Phi) is 8.11. The van der Waals surface area contributed by atoms with Gasteiger partial charge >= 0.3 is 12.1 Å². The summed E-state index contributed by atoms with van der Waals surface area (Å²) >= 11 is 7.78. The fraction of sp³-hybridized carbons (Fsp3) is 0.444. The van der Waals surface area contributed by atoms with E-state index in [0.717, 1.165) is 29.7 Å². The molecule has 0 fully saturated rings. The number of aryl methyl sites for hydroxylation is 1. The predicted molar refractivity (Wildman–Crippen MR) is 148 cm³/mol. The number of carbonyl (C=O) groups excluding carboxylic acids is 2. The van der Waals surface area contributed by atoms with Gasteiger partial charge < -0.3 is 24.8 Å². The lowest BCUT2D eigenvalue weighted by atomic mass is 9.95. The molecule has 3 heterocycles. The lowest BCUT2D eigenvalue weighted by molar-refractivity contribution is -0.173. The molecule has 3 aromatic rings. The van der Waals surface area contributed by atoms with Gasteiger partial charge in [-0.15, -0.1) is 11.3 Å². The molecular weight excluding hydrogens is 585 g/mol. The summed E-state index contributed by atoms with van der Waals surface area (Å²) in [7, 11) is 2.89. The zero-order chi connectivity index (χ0) is 29.5. The van der Waals surface area contributed by atoms with Crippen molar-refractivity contribution in [2.75, 3.05) is 31.5 Å². The molecule has 1 aliphatic heterocycles. The van der Waals surface area contributed by atoms with E-state index in [1.54, 1.807) is 25.1 Å². The lowest BCUT2D eigenvalue weighted by Gasteiger charge is -2.33. The number of rotatable bonds is 7. The number of thiophene rings is 1. The maximum Gasteiger partial charge on any atom is 0.410 e. The minimum Gasteiger partial charge on any atom is -0.493 e. The van der Waals surface area contributed by atoms with E-state index in [1.807, 2.05) is 0 Å². The van der Waals surface area contributed by atoms with Crippen molar-refractivity contribution in [3.05, 3.63) is 50.5 Å². The topological polar surface area (TPSA) is 104 Å². The highest BCUT2D eigenvalue weighted by Gasteiger charge is 2.48. The molecule has 0 unspecified atom stereocenters. The van der Waals surface area contributed by atoms with Gasteiger partial charge in [0.15, 0.2) is 23.2 Å². The van der Waals surface area contributed by atoms with Crippen molar-refractivity contribution in [3.8, 4) is 11.5 Å². The number of esters is 1. The molecule has 1 aliphatic carbocycles. The van der Waals surface area contributed by atoms with Crippen molar-refractivity contribution in [2.45, 2.75) is 57.3 Å². The number of methoxy groups -OCH3 is 2. The minimum absolute atomic E-state index is 0.138. The van der Waals surface area contributed by atoms with Gasteiger partial charge in [-0.25, -0.2) is 9.48 Å². The molecule has 0 saturated heterocycles. The molecule has 41 heavy (non-hydrogen) atoms. The average Bonchev–Trinajstić information content (AvgIpc) is 3.48. The summed E-state index contributed by atoms with van der Waals surface area (Å²) in [6.07, 6.45) is -1.81. The molecule has 2 aromatic heterocycles. The minimum atomic E-state index is -4.68. The fourth-order valence-electron chi connectivity index (χ4n) is 5.26. The van der Waals surface area contributed by atoms with Crippen LogP contribution in [0.25, 0.3) is 0 Å². The van der Waals surface area contributed by atoms with Crippen molar-refractivity contribution < 1.29 is 37.0 Å². The third-order valence-corrected chi connectivity index (χ3v) is 8.76. The van der Waals surface area contributed by atoms with Crippen LogP contribution < -0.4 is 20.1 Å². The summed E-state index contributed by atoms with van der Waals surface area (Å²) in [5, 5.41) is 9.71. The molecule has 0 spiro atoms. The number of hydrogen-bond acceptors (Lipinski definition) is 8. The van der Waals surface area contributed by atoms with Crippen molar-refractivity contribution in [2.24, 2.45) is 0 Å². The van der Waals surface area contributed by atoms with Gasteiger partial charge in [-0.3, -0.25) is 4.79 Å². The molecule has 0 radical (unpaired) electrons. The monoisotopic (exact) mass is 612 g/mol. The van der Waals surface area contributed by atoms with Crippen molar-refractivity contribution >= 4 is 45.6 Å². The smallest absolute Gasteiger partial charge is 0.410 e. The van der Waals surface area contributed by atoms with Crippen LogP contribution in [0.4, 0.5) is 24.0 Å². The maximum absolute atomic E-state index is 14.3. The van der Waals surface area contributed by atoms with E-state index in [2.05, 4.69) is 15.7 Å². The Morgan fingerprint density at radius 3 is 2.61 bits per heavy atom. The van der Waals surface area contributed by atoms with Crippen LogP contribution in [-0.2, 0) is 17.6 Å². The molecule has 220 valence electrons. The second-order valence-corrected chi connectivity index (χ2v) is 11.1. The Balaban J connectivity index is 1.50. The van der Waals surface area contributed by atoms with E-state index in [4.69, 9.17) is 25.8 Å². The van der Waals surface area contributed by atoms with E-state index < -0.39 is 42.3 Å². The standard InChI is InChI=1S/C27H28ClF3N4O5S/c1-4-40-26(37)20-14-7-5-6-8-18(14)41-25(20)33-24(36)22-21(28)23-32-15(12-19(27(29,30)31)35(23)34-22)13-9-10-16(38-2)17(11-13)39-3/h9-11,15,19,32H,4-8,12H2,1-3H3,(H,33,36)/t15-,19+/m0/s1. The summed E-state index contributed by atoms with van der Waals surface area (Å²) in [5.41, 5.74) is 1.23. The Morgan fingerprint density at radius 1 is 1.20 bits per heavy atom. The third-order valence-electron chi connectivity index (χ3n) is 7.20. The number of alkyl halides is 3. The van der Waals surface area contributed by atoms with E-state index in [9.17, 15) is 22.8 Å². The second kappa shape index (κ2) is 11.4. The molecule has 14 heteroatoms. The summed E-state index contributed by atoms with van der Waals surface area (Å²) in [6.45, 7) is 1.84. The number of nitrogens with one attached hydrogen (secondary N) is 2. The number of anilines is 2. The first-order valence-electron chi connectivity index (χ1n) is 13.0. The number of ether oxygens (including phenoxy) is 3. The number of hydrogen-bond donors (Lipinski definition) is 2. The molecule has 2 aliphatic rings. The Labute approximate surface area is 242 Å². The summed E-state index contributed by atoms with van der Waals surface area (Å²) in [6, 6.07) is 1.95. The van der Waals surface area contributed by atoms with Crippen LogP contribution in [0.15, 0.2) is 18.2 Å². The van der Waals surface area contributed by atoms with Gasteiger partial charge in [-0.05, 0) is 55.9 Å². The number of amides is 1. The fourth-order valence-corrected chi connectivity index (χ4v) is 6.80. The quantitative estimate of drug-likeness (QED) is 0.290. The van der Waals surface area contributed by atoms with Crippen molar-refractivity contribution in [3.63, 3.8) is 0 Å². The molecule has 1 aromatic carbocycles. The van der Waals surface area contributed by atoms with Gasteiger partial charge in [0.2, 0.25) is 0 Å². The molecule has 2 atom stereocenters. The normalized spacial score (nSPS) is 18.1. The molecule has 9 nitrogen and oxygen atoms in total. The van der Waals surface area contributed by atoms with E-state index in [-0.39, 0.29) is 28.0 Å². The highest BCUT2D eigenvalue weighted by molar-refractivity contribution is 7.17. The highest BCUT2D eigenvalue weighted by Crippen LogP contribution is 2.47. The van der Waals surface area contributed by atoms with E-state index in [1.165, 1.54) is 25.6 Å². The van der Waals surface area contributed by atoms with Crippen LogP contribution in [0.3, 0.4) is 0 Å². The molecular formula is C27H28ClF3N4O5S. The molecule has 5 rings (SSSR count). The first kappa shape index (κ1) is 29.1. The van der Waals surface area contributed by atoms with Crippen molar-refractivity contribution in [1.82, 2.24) is 9.78 Å². The van der Waals surface area contributed by atoms with Gasteiger partial charge in [-0.2, -0.15) is 18.3 Å². The first-order chi connectivity index (χ1) is 19.6. The number of aromatic nitrogens is 2. The zero-order valence-corrected chi connectivity index (χ0v) is 24.1. The van der Waals surface area contributed by atoms with Crippen LogP contribution in [-0.4, -0.2) is 48.7 Å². The van der Waals surface area contributed by atoms with Crippen LogP contribution in [0.1, 0.15) is 75.1 Å². The van der Waals surface area contributed by atoms with E-state index >= 15 is 0 Å². The van der Waals surface area contributed by atoms with Crippen LogP contribution in [0.2, 0.25) is 5.02 Å². The van der Waals surface area contributed by atoms with Crippen LogP contribution in [0.5, 0.6) is 11.5 Å². The number of fused-ring (bicyclic) bond motifs is 2. The summed E-state index contributed by atoms with van der Waals surface area (Å²) < 4.78 is 59.3. The van der Waals surface area contributed by atoms with Crippen LogP contribution >= 0.6 is 22.9 Å². The van der Waals surface area contributed by atoms with Gasteiger partial charge in [0.05, 0.1) is 32.4 Å². The summed E-state index contributed by atoms with van der Waals surface area (Å²) in [4.78, 5) is 27.2. The Hall–Kier alpha value is -3.45. The summed E-state index contributed by atoms with van der Waals surface area (Å²) in [5.74, 6) is -0.739. The Morgan fingerprint density at radius 2 is 1.93 bits per heavy atom. The highest BCUT2D eigenvalue weighted by atomic mass is 35.5. The van der Waals surface area contributed by atoms with Gasteiger partial charge in [0, 0.05) is 11.3 Å². The molecule has 2 N–H and O–H groups in total. The average molecular weight is 613 g/mol. The SMILES string of the molecule is CCOC(=O)c1c(NC(=O)c2nn3c(c2Cl)N[C@H](c2ccc(OC)c(OC)c2)C[C@@H]3C(F)(F)F)sc2c1CCCC2. The van der Waals surface area contributed by atoms with E-state index in [0.29, 0.717) is 28.2 Å². The second-order valence-electron chi connectivity index (χ2n) is 9.65. The maximum atomic E-state index is 14.3. The number of benzene rings is 1. The number of nitrogens with zero attached hydrogens (tertiary/aromatic N) is 2. The van der Waals surface area contributed by atoms with Gasteiger partial charge in [0.1, 0.15) is 15.8 Å². The third kappa shape index (κ3) is 5.44. The number of carbonyl (C=O) groups is 2. The largest absolute Gasteiger partial charge is 0.493 e.